The van der Waals surface area contributed by atoms with Gasteiger partial charge in [0.1, 0.15) is 6.04 Å². The number of rotatable bonds is 5. The van der Waals surface area contributed by atoms with Crippen molar-refractivity contribution in [2.75, 3.05) is 10.2 Å². The number of benzene rings is 2. The van der Waals surface area contributed by atoms with E-state index in [2.05, 4.69) is 15.6 Å². The third kappa shape index (κ3) is 3.46. The number of urea groups is 1. The minimum atomic E-state index is -0.588. The molecule has 1 fully saturated rings. The van der Waals surface area contributed by atoms with Crippen LogP contribution in [0.5, 0.6) is 0 Å². The van der Waals surface area contributed by atoms with Crippen LogP contribution in [0.1, 0.15) is 18.4 Å². The number of para-hydroxylation sites is 3. The molecule has 2 heterocycles. The summed E-state index contributed by atoms with van der Waals surface area (Å²) in [6.07, 6.45) is 0.776. The molecule has 3 aromatic rings. The largest absolute Gasteiger partial charge is 0.329 e. The molecule has 1 aliphatic rings. The highest BCUT2D eigenvalue weighted by Crippen LogP contribution is 2.29. The lowest BCUT2D eigenvalue weighted by molar-refractivity contribution is -0.118. The van der Waals surface area contributed by atoms with Crippen LogP contribution in [0.15, 0.2) is 48.5 Å². The van der Waals surface area contributed by atoms with Crippen LogP contribution in [0.3, 0.4) is 0 Å². The molecule has 0 bridgehead atoms. The maximum atomic E-state index is 12.5. The Hall–Kier alpha value is -3.26. The second kappa shape index (κ2) is 7.40. The number of carbonyl (C=O) groups is 3. The van der Waals surface area contributed by atoms with Gasteiger partial charge >= 0.3 is 6.03 Å². The van der Waals surface area contributed by atoms with Crippen molar-refractivity contribution < 1.29 is 14.4 Å². The number of thiazole rings is 1. The molecule has 142 valence electrons. The smallest absolute Gasteiger partial charge is 0.326 e. The standard InChI is InChI=1S/C20H18N4O3S/c1-12-19(26)24(20(27)21-12)15-8-4-2-6-13(15)22-17(25)10-11-18-23-14-7-3-5-9-16(14)28-18/h2-9,12H,10-11H2,1H3,(H,21,27)(H,22,25). The number of nitrogens with one attached hydrogen (secondary N) is 2. The summed E-state index contributed by atoms with van der Waals surface area (Å²) in [6.45, 7) is 1.62. The molecule has 8 heteroatoms. The second-order valence-corrected chi connectivity index (χ2v) is 7.60. The molecule has 7 nitrogen and oxygen atoms in total. The summed E-state index contributed by atoms with van der Waals surface area (Å²) in [4.78, 5) is 42.4. The lowest BCUT2D eigenvalue weighted by atomic mass is 10.2. The highest BCUT2D eigenvalue weighted by atomic mass is 32.1. The van der Waals surface area contributed by atoms with Crippen molar-refractivity contribution in [2.24, 2.45) is 0 Å². The van der Waals surface area contributed by atoms with E-state index in [1.54, 1.807) is 42.5 Å². The lowest BCUT2D eigenvalue weighted by Crippen LogP contribution is -2.32. The summed E-state index contributed by atoms with van der Waals surface area (Å²) in [5.41, 5.74) is 1.72. The van der Waals surface area contributed by atoms with Crippen molar-refractivity contribution in [3.63, 3.8) is 0 Å². The van der Waals surface area contributed by atoms with E-state index in [1.165, 1.54) is 0 Å². The van der Waals surface area contributed by atoms with Crippen LogP contribution in [-0.2, 0) is 16.0 Å². The first-order valence-electron chi connectivity index (χ1n) is 8.91. The Morgan fingerprint density at radius 3 is 2.68 bits per heavy atom. The zero-order chi connectivity index (χ0) is 19.7. The van der Waals surface area contributed by atoms with Crippen molar-refractivity contribution in [2.45, 2.75) is 25.8 Å². The van der Waals surface area contributed by atoms with E-state index < -0.39 is 12.1 Å². The van der Waals surface area contributed by atoms with Crippen LogP contribution in [0.2, 0.25) is 0 Å². The van der Waals surface area contributed by atoms with Crippen LogP contribution < -0.4 is 15.5 Å². The molecular weight excluding hydrogens is 376 g/mol. The zero-order valence-electron chi connectivity index (χ0n) is 15.1. The second-order valence-electron chi connectivity index (χ2n) is 6.49. The Bertz CT molecular complexity index is 1050. The molecular formula is C20H18N4O3S. The van der Waals surface area contributed by atoms with Gasteiger partial charge in [-0.3, -0.25) is 9.59 Å². The number of aryl methyl sites for hydroxylation is 1. The Kier molecular flexibility index (Phi) is 4.79. The number of anilines is 2. The van der Waals surface area contributed by atoms with E-state index in [9.17, 15) is 14.4 Å². The SMILES string of the molecule is CC1NC(=O)N(c2ccccc2NC(=O)CCc2nc3ccccc3s2)C1=O. The molecule has 0 saturated carbocycles. The molecule has 4 rings (SSSR count). The molecule has 2 aromatic carbocycles. The molecule has 0 spiro atoms. The number of hydrogen-bond donors (Lipinski definition) is 2. The minimum Gasteiger partial charge on any atom is -0.326 e. The molecule has 2 N–H and O–H groups in total. The molecule has 1 atom stereocenters. The monoisotopic (exact) mass is 394 g/mol. The average Bonchev–Trinajstić information content (AvgIpc) is 3.21. The van der Waals surface area contributed by atoms with Gasteiger partial charge in [0.2, 0.25) is 5.91 Å². The number of imide groups is 1. The predicted octanol–water partition coefficient (Wildman–Crippen LogP) is 3.31. The van der Waals surface area contributed by atoms with Crippen LogP contribution in [0.4, 0.5) is 16.2 Å². The van der Waals surface area contributed by atoms with Gasteiger partial charge in [0.25, 0.3) is 5.91 Å². The van der Waals surface area contributed by atoms with Crippen molar-refractivity contribution >= 4 is 50.8 Å². The third-order valence-electron chi connectivity index (χ3n) is 4.46. The number of nitrogens with zero attached hydrogens (tertiary/aromatic N) is 2. The summed E-state index contributed by atoms with van der Waals surface area (Å²) in [5, 5.41) is 6.28. The molecule has 1 unspecified atom stereocenters. The predicted molar refractivity (Wildman–Crippen MR) is 108 cm³/mol. The van der Waals surface area contributed by atoms with Crippen LogP contribution >= 0.6 is 11.3 Å². The van der Waals surface area contributed by atoms with Gasteiger partial charge in [0, 0.05) is 12.8 Å². The van der Waals surface area contributed by atoms with E-state index in [0.717, 1.165) is 20.1 Å². The van der Waals surface area contributed by atoms with E-state index in [-0.39, 0.29) is 18.2 Å². The Morgan fingerprint density at radius 2 is 1.93 bits per heavy atom. The summed E-state index contributed by atoms with van der Waals surface area (Å²) in [5.74, 6) is -0.548. The normalized spacial score (nSPS) is 16.5. The first-order valence-corrected chi connectivity index (χ1v) is 9.72. The Balaban J connectivity index is 1.46. The van der Waals surface area contributed by atoms with Gasteiger partial charge in [-0.2, -0.15) is 0 Å². The zero-order valence-corrected chi connectivity index (χ0v) is 16.0. The van der Waals surface area contributed by atoms with Gasteiger partial charge in [-0.05, 0) is 31.2 Å². The van der Waals surface area contributed by atoms with Gasteiger partial charge in [0.05, 0.1) is 26.6 Å². The van der Waals surface area contributed by atoms with Crippen molar-refractivity contribution in [3.05, 3.63) is 53.5 Å². The highest BCUT2D eigenvalue weighted by molar-refractivity contribution is 7.18. The van der Waals surface area contributed by atoms with Crippen LogP contribution in [0.25, 0.3) is 10.2 Å². The maximum absolute atomic E-state index is 12.5. The Labute approximate surface area is 165 Å². The van der Waals surface area contributed by atoms with Gasteiger partial charge in [-0.25, -0.2) is 14.7 Å². The molecule has 1 aromatic heterocycles. The van der Waals surface area contributed by atoms with Gasteiger partial charge in [-0.15, -0.1) is 11.3 Å². The first-order chi connectivity index (χ1) is 13.5. The van der Waals surface area contributed by atoms with Crippen LogP contribution in [0, 0.1) is 0 Å². The quantitative estimate of drug-likeness (QED) is 0.650. The number of fused-ring (bicyclic) bond motifs is 1. The van der Waals surface area contributed by atoms with E-state index in [4.69, 9.17) is 0 Å². The third-order valence-corrected chi connectivity index (χ3v) is 5.55. The van der Waals surface area contributed by atoms with Crippen molar-refractivity contribution in [3.8, 4) is 0 Å². The van der Waals surface area contributed by atoms with Gasteiger partial charge in [0.15, 0.2) is 0 Å². The van der Waals surface area contributed by atoms with E-state index in [1.807, 2.05) is 24.3 Å². The van der Waals surface area contributed by atoms with E-state index in [0.29, 0.717) is 17.8 Å². The average molecular weight is 394 g/mol. The topological polar surface area (TPSA) is 91.4 Å². The fraction of sp³-hybridized carbons (Fsp3) is 0.200. The number of hydrogen-bond acceptors (Lipinski definition) is 5. The van der Waals surface area contributed by atoms with Gasteiger partial charge in [-0.1, -0.05) is 24.3 Å². The first kappa shape index (κ1) is 18.1. The summed E-state index contributed by atoms with van der Waals surface area (Å²) in [7, 11) is 0. The van der Waals surface area contributed by atoms with E-state index >= 15 is 0 Å². The molecule has 0 radical (unpaired) electrons. The van der Waals surface area contributed by atoms with Crippen molar-refractivity contribution in [1.82, 2.24) is 10.3 Å². The minimum absolute atomic E-state index is 0.202. The lowest BCUT2D eigenvalue weighted by Gasteiger charge is -2.17. The fourth-order valence-electron chi connectivity index (χ4n) is 3.07. The van der Waals surface area contributed by atoms with Crippen LogP contribution in [-0.4, -0.2) is 28.9 Å². The summed E-state index contributed by atoms with van der Waals surface area (Å²) < 4.78 is 1.09. The Morgan fingerprint density at radius 1 is 1.18 bits per heavy atom. The molecule has 28 heavy (non-hydrogen) atoms. The highest BCUT2D eigenvalue weighted by Gasteiger charge is 2.37. The molecule has 1 saturated heterocycles. The summed E-state index contributed by atoms with van der Waals surface area (Å²) in [6, 6.07) is 13.6. The maximum Gasteiger partial charge on any atom is 0.329 e. The number of carbonyl (C=O) groups excluding carboxylic acids is 3. The van der Waals surface area contributed by atoms with Gasteiger partial charge < -0.3 is 10.6 Å². The summed E-state index contributed by atoms with van der Waals surface area (Å²) >= 11 is 1.57. The molecule has 1 aliphatic heterocycles. The van der Waals surface area contributed by atoms with Crippen molar-refractivity contribution in [1.29, 1.82) is 0 Å². The molecule has 0 aliphatic carbocycles. The fourth-order valence-corrected chi connectivity index (χ4v) is 4.03. The number of amides is 4. The number of aromatic nitrogens is 1. The molecule has 4 amide bonds.